The molecule has 0 fully saturated rings. The van der Waals surface area contributed by atoms with Crippen LogP contribution >= 0.6 is 0 Å². The molecule has 0 saturated carbocycles. The van der Waals surface area contributed by atoms with Crippen LogP contribution in [0.5, 0.6) is 0 Å². The largest absolute Gasteiger partial charge is 0.455 e. The molecule has 0 radical (unpaired) electrons. The maximum atomic E-state index is 15.2. The summed E-state index contributed by atoms with van der Waals surface area (Å²) < 4.78 is 21.5. The van der Waals surface area contributed by atoms with E-state index in [0.29, 0.717) is 17.0 Å². The first-order valence-corrected chi connectivity index (χ1v) is 10.5. The van der Waals surface area contributed by atoms with E-state index >= 15 is 4.39 Å². The molecule has 0 saturated heterocycles. The Bertz CT molecular complexity index is 1410. The van der Waals surface area contributed by atoms with Crippen LogP contribution in [0.25, 0.3) is 44.0 Å². The summed E-state index contributed by atoms with van der Waals surface area (Å²) in [5.74, 6) is 0.0936. The Labute approximate surface area is 175 Å². The smallest absolute Gasteiger partial charge is 0.152 e. The number of benzene rings is 3. The fourth-order valence-electron chi connectivity index (χ4n) is 4.20. The number of hydrogen-bond acceptors (Lipinski definition) is 2. The molecule has 5 aromatic rings. The van der Waals surface area contributed by atoms with Crippen molar-refractivity contribution >= 4 is 32.7 Å². The lowest BCUT2D eigenvalue weighted by Gasteiger charge is -2.15. The highest BCUT2D eigenvalue weighted by Crippen LogP contribution is 2.41. The standard InChI is InChI=1S/C27H24FNO/c1-15(2)17-13-21-18-9-7-8-12-23(18)30-27(21)22(14-17)26-20-11-6-5-10-19(20)24(28)25(29-26)16(3)4/h5-16H,1-4H3. The lowest BCUT2D eigenvalue weighted by Crippen LogP contribution is -2.02. The van der Waals surface area contributed by atoms with Gasteiger partial charge in [0.25, 0.3) is 0 Å². The maximum Gasteiger partial charge on any atom is 0.152 e. The quantitative estimate of drug-likeness (QED) is 0.307. The molecule has 0 aliphatic carbocycles. The number of fused-ring (bicyclic) bond motifs is 4. The molecule has 3 aromatic carbocycles. The van der Waals surface area contributed by atoms with Gasteiger partial charge in [-0.3, -0.25) is 0 Å². The second kappa shape index (κ2) is 6.94. The van der Waals surface area contributed by atoms with Gasteiger partial charge in [0.2, 0.25) is 0 Å². The van der Waals surface area contributed by atoms with Crippen LogP contribution in [0.2, 0.25) is 0 Å². The van der Waals surface area contributed by atoms with E-state index in [1.165, 1.54) is 5.56 Å². The molecule has 5 rings (SSSR count). The Balaban J connectivity index is 1.96. The van der Waals surface area contributed by atoms with Gasteiger partial charge >= 0.3 is 0 Å². The van der Waals surface area contributed by atoms with Crippen molar-refractivity contribution in [2.24, 2.45) is 0 Å². The minimum absolute atomic E-state index is 0.0206. The molecule has 2 heterocycles. The number of rotatable bonds is 3. The third kappa shape index (κ3) is 2.80. The summed E-state index contributed by atoms with van der Waals surface area (Å²) in [6.45, 7) is 8.32. The first kappa shape index (κ1) is 18.8. The molecule has 0 unspecified atom stereocenters. The van der Waals surface area contributed by atoms with Crippen molar-refractivity contribution < 1.29 is 8.81 Å². The lowest BCUT2D eigenvalue weighted by atomic mass is 9.93. The SMILES string of the molecule is CC(C)c1cc(-c2nc(C(C)C)c(F)c3ccccc23)c2oc3ccccc3c2c1. The van der Waals surface area contributed by atoms with Crippen LogP contribution < -0.4 is 0 Å². The zero-order valence-electron chi connectivity index (χ0n) is 17.7. The maximum absolute atomic E-state index is 15.2. The topological polar surface area (TPSA) is 26.0 Å². The monoisotopic (exact) mass is 397 g/mol. The number of aromatic nitrogens is 1. The molecule has 0 spiro atoms. The van der Waals surface area contributed by atoms with Crippen LogP contribution in [0.1, 0.15) is 50.8 Å². The Kier molecular flexibility index (Phi) is 4.35. The van der Waals surface area contributed by atoms with Crippen LogP contribution in [-0.4, -0.2) is 4.98 Å². The minimum atomic E-state index is -0.231. The highest BCUT2D eigenvalue weighted by molar-refractivity contribution is 6.12. The lowest BCUT2D eigenvalue weighted by molar-refractivity contribution is 0.597. The third-order valence-electron chi connectivity index (χ3n) is 5.84. The van der Waals surface area contributed by atoms with Crippen molar-refractivity contribution in [1.82, 2.24) is 4.98 Å². The fraction of sp³-hybridized carbons (Fsp3) is 0.222. The molecule has 0 aliphatic rings. The first-order valence-electron chi connectivity index (χ1n) is 10.5. The van der Waals surface area contributed by atoms with E-state index in [-0.39, 0.29) is 11.7 Å². The van der Waals surface area contributed by atoms with E-state index in [9.17, 15) is 0 Å². The van der Waals surface area contributed by atoms with Crippen LogP contribution in [0.3, 0.4) is 0 Å². The molecular formula is C27H24FNO. The highest BCUT2D eigenvalue weighted by atomic mass is 19.1. The van der Waals surface area contributed by atoms with E-state index < -0.39 is 0 Å². The predicted molar refractivity (Wildman–Crippen MR) is 123 cm³/mol. The summed E-state index contributed by atoms with van der Waals surface area (Å²) >= 11 is 0. The fourth-order valence-corrected chi connectivity index (χ4v) is 4.20. The second-order valence-electron chi connectivity index (χ2n) is 8.56. The minimum Gasteiger partial charge on any atom is -0.455 e. The summed E-state index contributed by atoms with van der Waals surface area (Å²) in [6, 6.07) is 20.1. The molecule has 2 nitrogen and oxygen atoms in total. The summed E-state index contributed by atoms with van der Waals surface area (Å²) in [5.41, 5.74) is 5.06. The highest BCUT2D eigenvalue weighted by Gasteiger charge is 2.21. The number of halogens is 1. The van der Waals surface area contributed by atoms with Gasteiger partial charge < -0.3 is 4.42 Å². The van der Waals surface area contributed by atoms with Gasteiger partial charge in [-0.1, -0.05) is 70.2 Å². The van der Waals surface area contributed by atoms with Gasteiger partial charge in [0.1, 0.15) is 11.2 Å². The number of hydrogen-bond donors (Lipinski definition) is 0. The number of pyridine rings is 1. The van der Waals surface area contributed by atoms with Gasteiger partial charge in [-0.2, -0.15) is 0 Å². The van der Waals surface area contributed by atoms with E-state index in [4.69, 9.17) is 9.40 Å². The Morgan fingerprint density at radius 3 is 2.13 bits per heavy atom. The van der Waals surface area contributed by atoms with Crippen molar-refractivity contribution in [1.29, 1.82) is 0 Å². The van der Waals surface area contributed by atoms with E-state index in [1.807, 2.05) is 56.3 Å². The van der Waals surface area contributed by atoms with Crippen LogP contribution in [0, 0.1) is 5.82 Å². The molecule has 30 heavy (non-hydrogen) atoms. The molecule has 150 valence electrons. The zero-order valence-corrected chi connectivity index (χ0v) is 17.7. The van der Waals surface area contributed by atoms with Gasteiger partial charge in [0.05, 0.1) is 11.4 Å². The summed E-state index contributed by atoms with van der Waals surface area (Å²) in [4.78, 5) is 4.86. The van der Waals surface area contributed by atoms with Crippen molar-refractivity contribution in [2.45, 2.75) is 39.5 Å². The molecule has 0 aliphatic heterocycles. The normalized spacial score (nSPS) is 12.1. The van der Waals surface area contributed by atoms with E-state index in [2.05, 4.69) is 32.0 Å². The average Bonchev–Trinajstić information content (AvgIpc) is 3.12. The average molecular weight is 397 g/mol. The van der Waals surface area contributed by atoms with Gasteiger partial charge in [-0.25, -0.2) is 9.37 Å². The molecule has 0 atom stereocenters. The Hall–Kier alpha value is -3.20. The molecular weight excluding hydrogens is 373 g/mol. The molecule has 0 N–H and O–H groups in total. The van der Waals surface area contributed by atoms with Crippen LogP contribution in [0.15, 0.2) is 65.1 Å². The van der Waals surface area contributed by atoms with Crippen molar-refractivity contribution in [3.8, 4) is 11.3 Å². The first-order chi connectivity index (χ1) is 14.5. The Morgan fingerprint density at radius 2 is 1.43 bits per heavy atom. The molecule has 3 heteroatoms. The number of nitrogens with zero attached hydrogens (tertiary/aromatic N) is 1. The van der Waals surface area contributed by atoms with E-state index in [0.717, 1.165) is 38.6 Å². The van der Waals surface area contributed by atoms with Crippen molar-refractivity contribution in [2.75, 3.05) is 0 Å². The summed E-state index contributed by atoms with van der Waals surface area (Å²) in [6.07, 6.45) is 0. The van der Waals surface area contributed by atoms with Gasteiger partial charge in [-0.15, -0.1) is 0 Å². The Morgan fingerprint density at radius 1 is 0.767 bits per heavy atom. The van der Waals surface area contributed by atoms with E-state index in [1.54, 1.807) is 0 Å². The van der Waals surface area contributed by atoms with Gasteiger partial charge in [0.15, 0.2) is 5.82 Å². The molecule has 0 amide bonds. The van der Waals surface area contributed by atoms with Crippen molar-refractivity contribution in [3.63, 3.8) is 0 Å². The molecule has 0 bridgehead atoms. The zero-order chi connectivity index (χ0) is 21.0. The third-order valence-corrected chi connectivity index (χ3v) is 5.84. The summed E-state index contributed by atoms with van der Waals surface area (Å²) in [5, 5.41) is 3.58. The van der Waals surface area contributed by atoms with Gasteiger partial charge in [0, 0.05) is 27.1 Å². The van der Waals surface area contributed by atoms with Crippen molar-refractivity contribution in [3.05, 3.63) is 77.7 Å². The van der Waals surface area contributed by atoms with Crippen LogP contribution in [0.4, 0.5) is 4.39 Å². The number of furan rings is 1. The van der Waals surface area contributed by atoms with Crippen LogP contribution in [-0.2, 0) is 0 Å². The predicted octanol–water partition coefficient (Wildman–Crippen LogP) is 8.19. The van der Waals surface area contributed by atoms with Gasteiger partial charge in [-0.05, 0) is 35.6 Å². The second-order valence-corrected chi connectivity index (χ2v) is 8.56. The summed E-state index contributed by atoms with van der Waals surface area (Å²) in [7, 11) is 0. The number of para-hydroxylation sites is 1. The molecule has 2 aromatic heterocycles.